The highest BCUT2D eigenvalue weighted by atomic mass is 16.5. The van der Waals surface area contributed by atoms with Crippen molar-refractivity contribution in [2.45, 2.75) is 26.4 Å². The molecule has 0 spiro atoms. The van der Waals surface area contributed by atoms with E-state index in [2.05, 4.69) is 29.3 Å². The number of ketones is 1. The average molecular weight is 374 g/mol. The van der Waals surface area contributed by atoms with Crippen LogP contribution in [0.3, 0.4) is 0 Å². The van der Waals surface area contributed by atoms with Gasteiger partial charge in [-0.25, -0.2) is 9.97 Å². The van der Waals surface area contributed by atoms with E-state index in [9.17, 15) is 4.79 Å². The molecule has 0 unspecified atom stereocenters. The van der Waals surface area contributed by atoms with Crippen LogP contribution in [-0.2, 0) is 19.5 Å². The number of hydrogen-bond donors (Lipinski definition) is 1. The van der Waals surface area contributed by atoms with Gasteiger partial charge in [0.1, 0.15) is 17.4 Å². The van der Waals surface area contributed by atoms with Crippen LogP contribution in [-0.4, -0.2) is 40.9 Å². The van der Waals surface area contributed by atoms with Crippen molar-refractivity contribution in [3.05, 3.63) is 58.4 Å². The average Bonchev–Trinajstić information content (AvgIpc) is 2.71. The van der Waals surface area contributed by atoms with E-state index in [0.29, 0.717) is 18.7 Å². The lowest BCUT2D eigenvalue weighted by Crippen LogP contribution is -2.31. The number of Topliss-reactive ketones (excluding diaryl/α,β-unsaturated/α-hetero) is 1. The van der Waals surface area contributed by atoms with Crippen LogP contribution in [0.15, 0.2) is 30.3 Å². The van der Waals surface area contributed by atoms with Crippen LogP contribution in [0, 0.1) is 6.92 Å². The van der Waals surface area contributed by atoms with Crippen molar-refractivity contribution >= 4 is 22.5 Å². The number of aryl methyl sites for hydroxylation is 1. The van der Waals surface area contributed by atoms with Gasteiger partial charge >= 0.3 is 0 Å². The molecule has 0 saturated heterocycles. The van der Waals surface area contributed by atoms with Crippen LogP contribution in [0.25, 0.3) is 10.9 Å². The molecule has 6 nitrogen and oxygen atoms in total. The van der Waals surface area contributed by atoms with E-state index in [4.69, 9.17) is 14.7 Å². The summed E-state index contributed by atoms with van der Waals surface area (Å²) in [5, 5.41) is 4.00. The maximum absolute atomic E-state index is 12.1. The van der Waals surface area contributed by atoms with Crippen molar-refractivity contribution in [3.8, 4) is 5.75 Å². The standard InChI is InChI=1S/C22H22N4O2/c1-13-6-7-14-11-26(9-8-15(14)21(13)28-2)12-19-24-17-5-3-4-16-18(27)10-23-22(25-19)20(16)17/h3-7H,8-12H2,1-2H3,(H,23,24,25). The number of methoxy groups -OCH3 is 1. The van der Waals surface area contributed by atoms with Crippen LogP contribution in [0.4, 0.5) is 5.82 Å². The number of benzene rings is 2. The fourth-order valence-corrected chi connectivity index (χ4v) is 4.34. The summed E-state index contributed by atoms with van der Waals surface area (Å²) < 4.78 is 5.62. The molecule has 0 atom stereocenters. The lowest BCUT2D eigenvalue weighted by Gasteiger charge is -2.30. The molecule has 1 N–H and O–H groups in total. The molecule has 2 aromatic carbocycles. The number of rotatable bonds is 3. The van der Waals surface area contributed by atoms with Crippen LogP contribution in [0.2, 0.25) is 0 Å². The molecule has 0 aliphatic carbocycles. The molecule has 0 fully saturated rings. The lowest BCUT2D eigenvalue weighted by atomic mass is 9.96. The van der Waals surface area contributed by atoms with E-state index in [-0.39, 0.29) is 5.78 Å². The van der Waals surface area contributed by atoms with Crippen molar-refractivity contribution in [3.63, 3.8) is 0 Å². The van der Waals surface area contributed by atoms with Crippen LogP contribution in [0.5, 0.6) is 5.75 Å². The molecule has 3 heterocycles. The number of aromatic nitrogens is 2. The van der Waals surface area contributed by atoms with Crippen molar-refractivity contribution in [2.75, 3.05) is 25.5 Å². The normalized spacial score (nSPS) is 16.0. The van der Waals surface area contributed by atoms with Gasteiger partial charge in [-0.2, -0.15) is 0 Å². The molecule has 6 heteroatoms. The van der Waals surface area contributed by atoms with E-state index in [1.807, 2.05) is 18.2 Å². The predicted molar refractivity (Wildman–Crippen MR) is 108 cm³/mol. The Balaban J connectivity index is 1.45. The van der Waals surface area contributed by atoms with Crippen molar-refractivity contribution < 1.29 is 9.53 Å². The Kier molecular flexibility index (Phi) is 4.02. The molecular weight excluding hydrogens is 352 g/mol. The molecule has 2 aliphatic heterocycles. The van der Waals surface area contributed by atoms with E-state index >= 15 is 0 Å². The smallest absolute Gasteiger partial charge is 0.182 e. The van der Waals surface area contributed by atoms with Crippen molar-refractivity contribution in [2.24, 2.45) is 0 Å². The first kappa shape index (κ1) is 17.1. The SMILES string of the molecule is COc1c(C)ccc2c1CCN(Cc1nc3c4c(cccc4n1)C(=O)CN3)C2. The van der Waals surface area contributed by atoms with Gasteiger partial charge in [0.05, 0.1) is 31.1 Å². The van der Waals surface area contributed by atoms with E-state index in [0.717, 1.165) is 47.8 Å². The largest absolute Gasteiger partial charge is 0.496 e. The summed E-state index contributed by atoms with van der Waals surface area (Å²) in [5.74, 6) is 2.66. The predicted octanol–water partition coefficient (Wildman–Crippen LogP) is 3.11. The van der Waals surface area contributed by atoms with Gasteiger partial charge in [0.25, 0.3) is 0 Å². The molecule has 0 amide bonds. The number of anilines is 1. The first-order valence-electron chi connectivity index (χ1n) is 9.58. The zero-order valence-corrected chi connectivity index (χ0v) is 16.1. The second kappa shape index (κ2) is 6.56. The van der Waals surface area contributed by atoms with Gasteiger partial charge in [-0.3, -0.25) is 9.69 Å². The number of nitrogens with one attached hydrogen (secondary N) is 1. The van der Waals surface area contributed by atoms with E-state index < -0.39 is 0 Å². The molecular formula is C22H22N4O2. The van der Waals surface area contributed by atoms with Gasteiger partial charge in [-0.05, 0) is 30.5 Å². The molecule has 0 saturated carbocycles. The highest BCUT2D eigenvalue weighted by Gasteiger charge is 2.24. The monoisotopic (exact) mass is 374 g/mol. The number of carbonyl (C=O) groups excluding carboxylic acids is 1. The summed E-state index contributed by atoms with van der Waals surface area (Å²) in [6.45, 7) is 4.85. The minimum absolute atomic E-state index is 0.0892. The van der Waals surface area contributed by atoms with Gasteiger partial charge in [0.2, 0.25) is 0 Å². The number of ether oxygens (including phenoxy) is 1. The Labute approximate surface area is 163 Å². The molecule has 5 rings (SSSR count). The second-order valence-electron chi connectivity index (χ2n) is 7.48. The summed E-state index contributed by atoms with van der Waals surface area (Å²) >= 11 is 0. The Hall–Kier alpha value is -2.99. The van der Waals surface area contributed by atoms with Gasteiger partial charge in [0, 0.05) is 24.2 Å². The maximum atomic E-state index is 12.1. The van der Waals surface area contributed by atoms with Gasteiger partial charge in [-0.15, -0.1) is 0 Å². The molecule has 0 bridgehead atoms. The number of fused-ring (bicyclic) bond motifs is 1. The van der Waals surface area contributed by atoms with Crippen molar-refractivity contribution in [1.29, 1.82) is 0 Å². The van der Waals surface area contributed by atoms with Gasteiger partial charge < -0.3 is 10.1 Å². The topological polar surface area (TPSA) is 67.3 Å². The Bertz CT molecular complexity index is 1110. The minimum Gasteiger partial charge on any atom is -0.496 e. The Morgan fingerprint density at radius 1 is 1.21 bits per heavy atom. The zero-order valence-electron chi connectivity index (χ0n) is 16.1. The molecule has 142 valence electrons. The zero-order chi connectivity index (χ0) is 19.3. The number of nitrogens with zero attached hydrogens (tertiary/aromatic N) is 3. The Morgan fingerprint density at radius 2 is 2.11 bits per heavy atom. The molecule has 1 aromatic heterocycles. The van der Waals surface area contributed by atoms with E-state index in [1.54, 1.807) is 7.11 Å². The fraction of sp³-hybridized carbons (Fsp3) is 0.318. The second-order valence-corrected chi connectivity index (χ2v) is 7.48. The van der Waals surface area contributed by atoms with Crippen LogP contribution in [0.1, 0.15) is 32.9 Å². The summed E-state index contributed by atoms with van der Waals surface area (Å²) in [6, 6.07) is 10.0. The number of hydrogen-bond acceptors (Lipinski definition) is 6. The quantitative estimate of drug-likeness (QED) is 0.760. The molecule has 0 radical (unpaired) electrons. The van der Waals surface area contributed by atoms with Gasteiger partial charge in [-0.1, -0.05) is 24.3 Å². The lowest BCUT2D eigenvalue weighted by molar-refractivity contribution is 0.101. The van der Waals surface area contributed by atoms with Gasteiger partial charge in [0.15, 0.2) is 5.78 Å². The third kappa shape index (κ3) is 2.72. The van der Waals surface area contributed by atoms with Crippen molar-refractivity contribution in [1.82, 2.24) is 14.9 Å². The summed E-state index contributed by atoms with van der Waals surface area (Å²) in [4.78, 5) is 24.0. The third-order valence-electron chi connectivity index (χ3n) is 5.68. The summed E-state index contributed by atoms with van der Waals surface area (Å²) in [5.41, 5.74) is 5.35. The Morgan fingerprint density at radius 3 is 2.96 bits per heavy atom. The summed E-state index contributed by atoms with van der Waals surface area (Å²) in [7, 11) is 1.75. The third-order valence-corrected chi connectivity index (χ3v) is 5.68. The van der Waals surface area contributed by atoms with Crippen LogP contribution >= 0.6 is 0 Å². The first-order chi connectivity index (χ1) is 13.6. The highest BCUT2D eigenvalue weighted by Crippen LogP contribution is 2.32. The minimum atomic E-state index is 0.0892. The summed E-state index contributed by atoms with van der Waals surface area (Å²) in [6.07, 6.45) is 0.956. The highest BCUT2D eigenvalue weighted by molar-refractivity contribution is 6.15. The first-order valence-corrected chi connectivity index (χ1v) is 9.58. The molecule has 28 heavy (non-hydrogen) atoms. The molecule has 2 aliphatic rings. The number of carbonyl (C=O) groups is 1. The maximum Gasteiger partial charge on any atom is 0.182 e. The molecule has 3 aromatic rings. The fourth-order valence-electron chi connectivity index (χ4n) is 4.34. The van der Waals surface area contributed by atoms with Crippen LogP contribution < -0.4 is 10.1 Å². The van der Waals surface area contributed by atoms with E-state index in [1.165, 1.54) is 16.7 Å².